The molecule has 2 fully saturated rings. The smallest absolute Gasteiger partial charge is 0.336 e. The van der Waals surface area contributed by atoms with Crippen LogP contribution in [0.2, 0.25) is 0 Å². The first-order valence-corrected chi connectivity index (χ1v) is 12.1. The van der Waals surface area contributed by atoms with Crippen molar-refractivity contribution in [3.8, 4) is 0 Å². The maximum atomic E-state index is 13.3. The van der Waals surface area contributed by atoms with Crippen LogP contribution in [0.25, 0.3) is 10.8 Å². The molecule has 0 aromatic heterocycles. The van der Waals surface area contributed by atoms with E-state index in [0.717, 1.165) is 56.9 Å². The molecule has 2 aromatic rings. The summed E-state index contributed by atoms with van der Waals surface area (Å²) in [6.45, 7) is 1.88. The van der Waals surface area contributed by atoms with Crippen LogP contribution >= 0.6 is 0 Å². The van der Waals surface area contributed by atoms with Crippen molar-refractivity contribution < 1.29 is 19.5 Å². The summed E-state index contributed by atoms with van der Waals surface area (Å²) in [5.74, 6) is -0.918. The Kier molecular flexibility index (Phi) is 6.92. The van der Waals surface area contributed by atoms with Crippen molar-refractivity contribution >= 4 is 28.4 Å². The molecule has 2 aliphatic carbocycles. The molecule has 2 aromatic carbocycles. The number of hydrogen-bond donors (Lipinski definition) is 2. The molecule has 0 bridgehead atoms. The Morgan fingerprint density at radius 3 is 2.06 bits per heavy atom. The summed E-state index contributed by atoms with van der Waals surface area (Å²) in [5.41, 5.74) is 1.79. The number of carboxylic acids is 1. The number of fused-ring (bicyclic) bond motifs is 1. The summed E-state index contributed by atoms with van der Waals surface area (Å²) in [4.78, 5) is 38.6. The van der Waals surface area contributed by atoms with Crippen LogP contribution < -0.4 is 5.32 Å². The summed E-state index contributed by atoms with van der Waals surface area (Å²) >= 11 is 0. The molecule has 1 amide bonds. The summed E-state index contributed by atoms with van der Waals surface area (Å²) < 4.78 is 0. The molecule has 0 radical (unpaired) electrons. The van der Waals surface area contributed by atoms with Crippen LogP contribution in [-0.4, -0.2) is 28.8 Å². The summed E-state index contributed by atoms with van der Waals surface area (Å²) in [6, 6.07) is 6.84. The summed E-state index contributed by atoms with van der Waals surface area (Å²) in [5, 5.41) is 14.0. The van der Waals surface area contributed by atoms with E-state index in [4.69, 9.17) is 0 Å². The van der Waals surface area contributed by atoms with Gasteiger partial charge in [-0.05, 0) is 54.8 Å². The van der Waals surface area contributed by atoms with Crippen LogP contribution in [0.3, 0.4) is 0 Å². The molecular weight excluding hydrogens is 402 g/mol. The number of Topliss-reactive ketones (excluding diaryl/α,β-unsaturated/α-hetero) is 1. The van der Waals surface area contributed by atoms with Crippen molar-refractivity contribution in [1.29, 1.82) is 0 Å². The first kappa shape index (κ1) is 22.5. The van der Waals surface area contributed by atoms with Gasteiger partial charge in [0.15, 0.2) is 5.78 Å². The highest BCUT2D eigenvalue weighted by molar-refractivity contribution is 6.20. The zero-order chi connectivity index (χ0) is 22.7. The molecule has 2 N–H and O–H groups in total. The van der Waals surface area contributed by atoms with E-state index in [1.54, 1.807) is 24.3 Å². The van der Waals surface area contributed by atoms with Gasteiger partial charge >= 0.3 is 5.97 Å². The lowest BCUT2D eigenvalue weighted by Crippen LogP contribution is -2.36. The number of ketones is 1. The molecule has 5 heteroatoms. The fraction of sp³-hybridized carbons (Fsp3) is 0.519. The van der Waals surface area contributed by atoms with E-state index in [9.17, 15) is 19.5 Å². The molecule has 32 heavy (non-hydrogen) atoms. The van der Waals surface area contributed by atoms with Crippen LogP contribution in [0.5, 0.6) is 0 Å². The van der Waals surface area contributed by atoms with Crippen molar-refractivity contribution in [1.82, 2.24) is 5.32 Å². The van der Waals surface area contributed by atoms with Crippen molar-refractivity contribution in [3.63, 3.8) is 0 Å². The number of amides is 1. The van der Waals surface area contributed by atoms with Crippen molar-refractivity contribution in [2.45, 2.75) is 83.6 Å². The third-order valence-corrected chi connectivity index (χ3v) is 7.28. The van der Waals surface area contributed by atoms with E-state index >= 15 is 0 Å². The molecule has 2 aliphatic rings. The quantitative estimate of drug-likeness (QED) is 0.540. The number of aromatic carboxylic acids is 1. The Hall–Kier alpha value is -2.69. The van der Waals surface area contributed by atoms with E-state index < -0.39 is 5.97 Å². The Labute approximate surface area is 189 Å². The molecule has 0 atom stereocenters. The molecule has 0 saturated heterocycles. The number of rotatable bonds is 6. The lowest BCUT2D eigenvalue weighted by atomic mass is 9.83. The highest BCUT2D eigenvalue weighted by Gasteiger charge is 2.26. The second-order valence-corrected chi connectivity index (χ2v) is 9.59. The number of carbonyl (C=O) groups excluding carboxylic acids is 2. The normalized spacial score (nSPS) is 17.9. The van der Waals surface area contributed by atoms with Gasteiger partial charge in [0.1, 0.15) is 0 Å². The van der Waals surface area contributed by atoms with Crippen LogP contribution in [-0.2, 0) is 0 Å². The molecule has 0 heterocycles. The van der Waals surface area contributed by atoms with Gasteiger partial charge in [0.05, 0.1) is 5.56 Å². The fourth-order valence-corrected chi connectivity index (χ4v) is 5.54. The molecule has 4 rings (SSSR count). The SMILES string of the molecule is Cc1ccc(C(=O)O)c2c(C(=O)CC3CCCCC3)ccc(C(=O)NC3CCCCC3)c12. The average molecular weight is 436 g/mol. The second-order valence-electron chi connectivity index (χ2n) is 9.59. The number of aryl methyl sites for hydroxylation is 1. The number of hydrogen-bond acceptors (Lipinski definition) is 3. The Morgan fingerprint density at radius 2 is 1.41 bits per heavy atom. The largest absolute Gasteiger partial charge is 0.478 e. The number of nitrogens with one attached hydrogen (secondary N) is 1. The van der Waals surface area contributed by atoms with Gasteiger partial charge in [-0.25, -0.2) is 4.79 Å². The molecule has 0 spiro atoms. The predicted octanol–water partition coefficient (Wildman–Crippen LogP) is 6.06. The lowest BCUT2D eigenvalue weighted by Gasteiger charge is -2.24. The zero-order valence-electron chi connectivity index (χ0n) is 18.9. The predicted molar refractivity (Wildman–Crippen MR) is 126 cm³/mol. The second kappa shape index (κ2) is 9.85. The van der Waals surface area contributed by atoms with E-state index in [-0.39, 0.29) is 23.3 Å². The lowest BCUT2D eigenvalue weighted by molar-refractivity contribution is 0.0698. The Balaban J connectivity index is 1.75. The van der Waals surface area contributed by atoms with Gasteiger partial charge in [-0.2, -0.15) is 0 Å². The highest BCUT2D eigenvalue weighted by atomic mass is 16.4. The number of benzene rings is 2. The fourth-order valence-electron chi connectivity index (χ4n) is 5.54. The standard InChI is InChI=1S/C27H33NO4/c1-17-12-13-22(27(31)32)25-20(23(29)16-18-8-4-2-5-9-18)14-15-21(24(17)25)26(30)28-19-10-6-3-7-11-19/h12-15,18-19H,2-11,16H2,1H3,(H,28,30)(H,31,32). The minimum Gasteiger partial charge on any atom is -0.478 e. The average Bonchev–Trinajstić information content (AvgIpc) is 2.79. The highest BCUT2D eigenvalue weighted by Crippen LogP contribution is 2.33. The number of carbonyl (C=O) groups is 3. The molecular formula is C27H33NO4. The van der Waals surface area contributed by atoms with E-state index in [0.29, 0.717) is 34.2 Å². The molecule has 2 saturated carbocycles. The van der Waals surface area contributed by atoms with Gasteiger partial charge in [0.2, 0.25) is 0 Å². The van der Waals surface area contributed by atoms with Crippen LogP contribution in [0.1, 0.15) is 107 Å². The monoisotopic (exact) mass is 435 g/mol. The van der Waals surface area contributed by atoms with Gasteiger partial charge in [-0.1, -0.05) is 57.4 Å². The van der Waals surface area contributed by atoms with Gasteiger partial charge in [-0.3, -0.25) is 9.59 Å². The summed E-state index contributed by atoms with van der Waals surface area (Å²) in [6.07, 6.45) is 11.4. The third-order valence-electron chi connectivity index (χ3n) is 7.28. The van der Waals surface area contributed by atoms with Gasteiger partial charge in [0.25, 0.3) is 5.91 Å². The molecule has 170 valence electrons. The van der Waals surface area contributed by atoms with Crippen LogP contribution in [0.4, 0.5) is 0 Å². The number of carboxylic acid groups (broad SMARTS) is 1. The van der Waals surface area contributed by atoms with Gasteiger partial charge < -0.3 is 10.4 Å². The molecule has 0 unspecified atom stereocenters. The van der Waals surface area contributed by atoms with Crippen molar-refractivity contribution in [3.05, 3.63) is 46.5 Å². The van der Waals surface area contributed by atoms with Gasteiger partial charge in [-0.15, -0.1) is 0 Å². The third kappa shape index (κ3) is 4.72. The van der Waals surface area contributed by atoms with Crippen LogP contribution in [0, 0.1) is 12.8 Å². The van der Waals surface area contributed by atoms with E-state index in [1.165, 1.54) is 12.8 Å². The molecule has 0 aliphatic heterocycles. The summed E-state index contributed by atoms with van der Waals surface area (Å²) in [7, 11) is 0. The maximum absolute atomic E-state index is 13.3. The first-order chi connectivity index (χ1) is 15.5. The molecule has 5 nitrogen and oxygen atoms in total. The first-order valence-electron chi connectivity index (χ1n) is 12.1. The zero-order valence-corrected chi connectivity index (χ0v) is 18.9. The van der Waals surface area contributed by atoms with Crippen LogP contribution in [0.15, 0.2) is 24.3 Å². The van der Waals surface area contributed by atoms with Gasteiger partial charge in [0, 0.05) is 29.0 Å². The van der Waals surface area contributed by atoms with Crippen molar-refractivity contribution in [2.24, 2.45) is 5.92 Å². The Morgan fingerprint density at radius 1 is 0.812 bits per heavy atom. The van der Waals surface area contributed by atoms with E-state index in [2.05, 4.69) is 5.32 Å². The minimum atomic E-state index is -1.08. The van der Waals surface area contributed by atoms with E-state index in [1.807, 2.05) is 6.92 Å². The Bertz CT molecular complexity index is 1030. The van der Waals surface area contributed by atoms with Crippen molar-refractivity contribution in [2.75, 3.05) is 0 Å². The topological polar surface area (TPSA) is 83.5 Å². The minimum absolute atomic E-state index is 0.0192. The maximum Gasteiger partial charge on any atom is 0.336 e.